The highest BCUT2D eigenvalue weighted by molar-refractivity contribution is 6.04. The molecule has 0 atom stereocenters. The number of nitrogens with zero attached hydrogens (tertiary/aromatic N) is 1. The molecule has 3 aromatic rings. The number of carbonyl (C=O) groups excluding carboxylic acids is 1. The average Bonchev–Trinajstić information content (AvgIpc) is 3.31. The number of nitro groups is 1. The molecule has 1 aliphatic rings. The van der Waals surface area contributed by atoms with Gasteiger partial charge in [-0.2, -0.15) is 0 Å². The summed E-state index contributed by atoms with van der Waals surface area (Å²) in [6.45, 7) is 0. The first-order chi connectivity index (χ1) is 13.6. The van der Waals surface area contributed by atoms with Gasteiger partial charge in [-0.1, -0.05) is 18.2 Å². The van der Waals surface area contributed by atoms with Crippen molar-refractivity contribution in [1.29, 1.82) is 0 Å². The predicted molar refractivity (Wildman–Crippen MR) is 100 cm³/mol. The van der Waals surface area contributed by atoms with E-state index in [-0.39, 0.29) is 11.3 Å². The summed E-state index contributed by atoms with van der Waals surface area (Å²) in [5.41, 5.74) is 0.937. The highest BCUT2D eigenvalue weighted by Gasteiger charge is 2.23. The lowest BCUT2D eigenvalue weighted by Crippen LogP contribution is -1.97. The topological polar surface area (TPSA) is 91.8 Å². The molecule has 0 aliphatic carbocycles. The highest BCUT2D eigenvalue weighted by Crippen LogP contribution is 2.30. The Morgan fingerprint density at radius 1 is 0.929 bits per heavy atom. The van der Waals surface area contributed by atoms with Crippen LogP contribution in [0.4, 0.5) is 5.88 Å². The zero-order chi connectivity index (χ0) is 19.5. The van der Waals surface area contributed by atoms with Crippen LogP contribution in [0.25, 0.3) is 11.8 Å². The maximum atomic E-state index is 12.1. The number of esters is 1. The Bertz CT molecular complexity index is 1090. The van der Waals surface area contributed by atoms with Crippen molar-refractivity contribution in [3.63, 3.8) is 0 Å². The van der Waals surface area contributed by atoms with Crippen LogP contribution in [0, 0.1) is 10.1 Å². The lowest BCUT2D eigenvalue weighted by Gasteiger charge is -2.06. The molecule has 0 amide bonds. The maximum absolute atomic E-state index is 12.1. The van der Waals surface area contributed by atoms with E-state index in [4.69, 9.17) is 13.9 Å². The van der Waals surface area contributed by atoms with Crippen molar-refractivity contribution in [1.82, 2.24) is 0 Å². The number of benzene rings is 2. The van der Waals surface area contributed by atoms with Crippen LogP contribution in [0.3, 0.4) is 0 Å². The third-order valence-corrected chi connectivity index (χ3v) is 3.93. The summed E-state index contributed by atoms with van der Waals surface area (Å²) >= 11 is 0. The molecule has 0 spiro atoms. The molecule has 7 heteroatoms. The van der Waals surface area contributed by atoms with E-state index >= 15 is 0 Å². The molecule has 4 rings (SSSR count). The maximum Gasteiger partial charge on any atom is 0.433 e. The van der Waals surface area contributed by atoms with Crippen molar-refractivity contribution in [2.75, 3.05) is 0 Å². The number of furan rings is 1. The minimum absolute atomic E-state index is 0.197. The van der Waals surface area contributed by atoms with Crippen molar-refractivity contribution in [2.24, 2.45) is 0 Å². The second kappa shape index (κ2) is 7.24. The number of hydrogen-bond acceptors (Lipinski definition) is 6. The Morgan fingerprint density at radius 3 is 2.32 bits per heavy atom. The molecule has 2 aromatic carbocycles. The summed E-state index contributed by atoms with van der Waals surface area (Å²) in [7, 11) is 0. The first-order valence-electron chi connectivity index (χ1n) is 8.32. The molecule has 1 aliphatic heterocycles. The van der Waals surface area contributed by atoms with Crippen LogP contribution in [0.2, 0.25) is 0 Å². The zero-order valence-corrected chi connectivity index (χ0v) is 14.4. The third kappa shape index (κ3) is 3.68. The molecule has 0 fully saturated rings. The van der Waals surface area contributed by atoms with Gasteiger partial charge in [-0.3, -0.25) is 10.1 Å². The molecule has 0 saturated carbocycles. The second-order valence-electron chi connectivity index (χ2n) is 5.87. The van der Waals surface area contributed by atoms with Gasteiger partial charge in [0.25, 0.3) is 0 Å². The van der Waals surface area contributed by atoms with Crippen molar-refractivity contribution >= 4 is 23.7 Å². The van der Waals surface area contributed by atoms with Gasteiger partial charge in [0.05, 0.1) is 11.6 Å². The van der Waals surface area contributed by atoms with Crippen LogP contribution >= 0.6 is 0 Å². The van der Waals surface area contributed by atoms with Crippen LogP contribution < -0.4 is 4.74 Å². The van der Waals surface area contributed by atoms with Crippen LogP contribution in [0.1, 0.15) is 11.3 Å². The predicted octanol–water partition coefficient (Wildman–Crippen LogP) is 4.96. The van der Waals surface area contributed by atoms with E-state index in [1.807, 2.05) is 30.3 Å². The zero-order valence-electron chi connectivity index (χ0n) is 14.4. The van der Waals surface area contributed by atoms with Crippen LogP contribution in [-0.4, -0.2) is 10.9 Å². The summed E-state index contributed by atoms with van der Waals surface area (Å²) in [5, 5.41) is 10.7. The number of cyclic esters (lactones) is 1. The van der Waals surface area contributed by atoms with E-state index in [2.05, 4.69) is 0 Å². The Hall–Kier alpha value is -4.13. The van der Waals surface area contributed by atoms with E-state index in [0.717, 1.165) is 5.75 Å². The Labute approximate surface area is 159 Å². The van der Waals surface area contributed by atoms with E-state index < -0.39 is 16.8 Å². The molecule has 0 radical (unpaired) electrons. The van der Waals surface area contributed by atoms with Crippen molar-refractivity contribution in [3.8, 4) is 11.5 Å². The Balaban J connectivity index is 1.52. The summed E-state index contributed by atoms with van der Waals surface area (Å²) in [6, 6.07) is 19.1. The molecule has 0 N–H and O–H groups in total. The average molecular weight is 375 g/mol. The first-order valence-corrected chi connectivity index (χ1v) is 8.32. The van der Waals surface area contributed by atoms with Crippen molar-refractivity contribution in [3.05, 3.63) is 99.8 Å². The quantitative estimate of drug-likeness (QED) is 0.271. The van der Waals surface area contributed by atoms with Gasteiger partial charge < -0.3 is 13.9 Å². The van der Waals surface area contributed by atoms with Crippen LogP contribution in [-0.2, 0) is 9.53 Å². The third-order valence-electron chi connectivity index (χ3n) is 3.93. The summed E-state index contributed by atoms with van der Waals surface area (Å²) in [5.74, 6) is 1.000. The minimum Gasteiger partial charge on any atom is -0.457 e. The number of carbonyl (C=O) groups is 1. The minimum atomic E-state index is -0.644. The molecule has 0 bridgehead atoms. The molecule has 0 saturated heterocycles. The smallest absolute Gasteiger partial charge is 0.433 e. The van der Waals surface area contributed by atoms with Gasteiger partial charge >= 0.3 is 11.9 Å². The summed E-state index contributed by atoms with van der Waals surface area (Å²) in [4.78, 5) is 22.1. The Kier molecular flexibility index (Phi) is 4.47. The largest absolute Gasteiger partial charge is 0.457 e. The number of ether oxygens (including phenoxy) is 2. The summed E-state index contributed by atoms with van der Waals surface area (Å²) in [6.07, 6.45) is 2.96. The first kappa shape index (κ1) is 17.3. The SMILES string of the molecule is O=C1OC(c2ccc(Oc3ccccc3)cc2)=C/C1=C\c1ccc([N+](=O)[O-])o1. The highest BCUT2D eigenvalue weighted by atomic mass is 16.6. The van der Waals surface area contributed by atoms with Crippen LogP contribution in [0.15, 0.2) is 82.8 Å². The molecule has 2 heterocycles. The molecule has 1 aromatic heterocycles. The van der Waals surface area contributed by atoms with Crippen molar-refractivity contribution < 1.29 is 23.6 Å². The van der Waals surface area contributed by atoms with Gasteiger partial charge in [-0.15, -0.1) is 0 Å². The van der Waals surface area contributed by atoms with Crippen molar-refractivity contribution in [2.45, 2.75) is 0 Å². The Morgan fingerprint density at radius 2 is 1.64 bits per heavy atom. The molecule has 0 unspecified atom stereocenters. The molecule has 7 nitrogen and oxygen atoms in total. The number of hydrogen-bond donors (Lipinski definition) is 0. The van der Waals surface area contributed by atoms with Gasteiger partial charge in [0.2, 0.25) is 0 Å². The summed E-state index contributed by atoms with van der Waals surface area (Å²) < 4.78 is 16.1. The van der Waals surface area contributed by atoms with Gasteiger partial charge in [-0.25, -0.2) is 4.79 Å². The van der Waals surface area contributed by atoms with E-state index in [1.54, 1.807) is 30.3 Å². The fraction of sp³-hybridized carbons (Fsp3) is 0. The lowest BCUT2D eigenvalue weighted by atomic mass is 10.1. The lowest BCUT2D eigenvalue weighted by molar-refractivity contribution is -0.402. The molecular weight excluding hydrogens is 362 g/mol. The van der Waals surface area contributed by atoms with Gasteiger partial charge in [-0.05, 0) is 54.6 Å². The molecular formula is C21H13NO6. The normalized spacial score (nSPS) is 14.6. The standard InChI is InChI=1S/C21H13NO6/c23-21-15(12-18-10-11-20(27-18)22(24)25)13-19(28-21)14-6-8-17(9-7-14)26-16-4-2-1-3-5-16/h1-13H/b15-12+. The number of para-hydroxylation sites is 1. The van der Waals surface area contributed by atoms with E-state index in [9.17, 15) is 14.9 Å². The van der Waals surface area contributed by atoms with E-state index in [0.29, 0.717) is 17.1 Å². The van der Waals surface area contributed by atoms with Gasteiger partial charge in [0, 0.05) is 5.56 Å². The fourth-order valence-electron chi connectivity index (χ4n) is 2.61. The fourth-order valence-corrected chi connectivity index (χ4v) is 2.61. The number of rotatable bonds is 5. The molecule has 28 heavy (non-hydrogen) atoms. The van der Waals surface area contributed by atoms with E-state index in [1.165, 1.54) is 18.2 Å². The van der Waals surface area contributed by atoms with Gasteiger partial charge in [0.15, 0.2) is 0 Å². The molecule has 138 valence electrons. The van der Waals surface area contributed by atoms with Gasteiger partial charge in [0.1, 0.15) is 27.9 Å². The second-order valence-corrected chi connectivity index (χ2v) is 5.87. The van der Waals surface area contributed by atoms with Crippen LogP contribution in [0.5, 0.6) is 11.5 Å². The monoisotopic (exact) mass is 375 g/mol.